The van der Waals surface area contributed by atoms with Crippen LogP contribution in [0.2, 0.25) is 0 Å². The lowest BCUT2D eigenvalue weighted by Gasteiger charge is -2.28. The summed E-state index contributed by atoms with van der Waals surface area (Å²) in [7, 11) is 0. The molecule has 6 nitrogen and oxygen atoms in total. The Kier molecular flexibility index (Phi) is 6.55. The van der Waals surface area contributed by atoms with Gasteiger partial charge in [0.15, 0.2) is 0 Å². The van der Waals surface area contributed by atoms with Crippen LogP contribution in [0.25, 0.3) is 0 Å². The predicted octanol–water partition coefficient (Wildman–Crippen LogP) is 3.46. The number of benzene rings is 1. The summed E-state index contributed by atoms with van der Waals surface area (Å²) in [4.78, 5) is 39.4. The Morgan fingerprint density at radius 1 is 1.21 bits per heavy atom. The third-order valence-electron chi connectivity index (χ3n) is 6.10. The molecule has 0 radical (unpaired) electrons. The smallest absolute Gasteiger partial charge is 0.325 e. The van der Waals surface area contributed by atoms with E-state index in [0.717, 1.165) is 37.0 Å². The molecule has 0 unspecified atom stereocenters. The van der Waals surface area contributed by atoms with Crippen LogP contribution in [0.3, 0.4) is 0 Å². The molecule has 7 heteroatoms. The van der Waals surface area contributed by atoms with Crippen molar-refractivity contribution in [3.05, 3.63) is 35.6 Å². The molecule has 2 N–H and O–H groups in total. The fraction of sp³-hybridized carbons (Fsp3) is 0.591. The summed E-state index contributed by atoms with van der Waals surface area (Å²) >= 11 is 0. The summed E-state index contributed by atoms with van der Waals surface area (Å²) in [6, 6.07) is 5.12. The van der Waals surface area contributed by atoms with Gasteiger partial charge >= 0.3 is 6.03 Å². The molecule has 2 fully saturated rings. The van der Waals surface area contributed by atoms with Gasteiger partial charge in [0, 0.05) is 6.04 Å². The first-order chi connectivity index (χ1) is 13.9. The first kappa shape index (κ1) is 21.3. The van der Waals surface area contributed by atoms with Crippen LogP contribution in [0.15, 0.2) is 24.3 Å². The predicted molar refractivity (Wildman–Crippen MR) is 107 cm³/mol. The second kappa shape index (κ2) is 8.93. The zero-order valence-electron chi connectivity index (χ0n) is 17.2. The molecule has 1 aromatic carbocycles. The Morgan fingerprint density at radius 2 is 1.86 bits per heavy atom. The summed E-state index contributed by atoms with van der Waals surface area (Å²) in [5.74, 6) is -0.508. The van der Waals surface area contributed by atoms with Crippen molar-refractivity contribution < 1.29 is 18.8 Å². The summed E-state index contributed by atoms with van der Waals surface area (Å²) in [6.07, 6.45) is 5.93. The Hall–Kier alpha value is -2.44. The highest BCUT2D eigenvalue weighted by Gasteiger charge is 2.52. The van der Waals surface area contributed by atoms with E-state index < -0.39 is 23.3 Å². The molecule has 1 saturated carbocycles. The monoisotopic (exact) mass is 403 g/mol. The standard InChI is InChI=1S/C22H30FN3O3/c1-3-4-13-22(16-7-9-17(23)10-8-16)20(28)26(21(29)25-22)14-19(27)24-18-11-5-15(2)6-12-18/h7-10,15,18H,3-6,11-14H2,1-2H3,(H,24,27)(H,25,29)/t15?,18?,22-/m0/s1. The number of rotatable bonds is 7. The zero-order chi connectivity index (χ0) is 21.0. The third-order valence-corrected chi connectivity index (χ3v) is 6.10. The fourth-order valence-electron chi connectivity index (χ4n) is 4.28. The first-order valence-electron chi connectivity index (χ1n) is 10.5. The van der Waals surface area contributed by atoms with Crippen molar-refractivity contribution >= 4 is 17.8 Å². The number of carbonyl (C=O) groups is 3. The molecule has 4 amide bonds. The highest BCUT2D eigenvalue weighted by atomic mass is 19.1. The minimum absolute atomic E-state index is 0.0985. The van der Waals surface area contributed by atoms with E-state index in [1.165, 1.54) is 24.3 Å². The van der Waals surface area contributed by atoms with Gasteiger partial charge in [-0.1, -0.05) is 38.8 Å². The van der Waals surface area contributed by atoms with Crippen molar-refractivity contribution in [2.45, 2.75) is 70.4 Å². The molecule has 0 aromatic heterocycles. The molecule has 1 saturated heterocycles. The Balaban J connectivity index is 1.73. The fourth-order valence-corrected chi connectivity index (χ4v) is 4.28. The minimum Gasteiger partial charge on any atom is -0.352 e. The average Bonchev–Trinajstić information content (AvgIpc) is 2.94. The number of halogens is 1. The van der Waals surface area contributed by atoms with Crippen LogP contribution in [0.4, 0.5) is 9.18 Å². The molecular formula is C22H30FN3O3. The molecular weight excluding hydrogens is 373 g/mol. The SMILES string of the molecule is CCCC[C@@]1(c2ccc(F)cc2)NC(=O)N(CC(=O)NC2CCC(C)CC2)C1=O. The molecule has 2 aliphatic rings. The van der Waals surface area contributed by atoms with Crippen LogP contribution < -0.4 is 10.6 Å². The van der Waals surface area contributed by atoms with E-state index in [1.807, 2.05) is 6.92 Å². The number of carbonyl (C=O) groups excluding carboxylic acids is 3. The largest absolute Gasteiger partial charge is 0.352 e. The van der Waals surface area contributed by atoms with E-state index in [-0.39, 0.29) is 18.5 Å². The van der Waals surface area contributed by atoms with Gasteiger partial charge in [0.25, 0.3) is 5.91 Å². The van der Waals surface area contributed by atoms with Crippen LogP contribution in [-0.2, 0) is 15.1 Å². The highest BCUT2D eigenvalue weighted by molar-refractivity contribution is 6.09. The second-order valence-corrected chi connectivity index (χ2v) is 8.36. The topological polar surface area (TPSA) is 78.5 Å². The van der Waals surface area contributed by atoms with E-state index in [2.05, 4.69) is 17.6 Å². The molecule has 1 aromatic rings. The number of nitrogens with one attached hydrogen (secondary N) is 2. The number of hydrogen-bond donors (Lipinski definition) is 2. The molecule has 1 aliphatic carbocycles. The van der Waals surface area contributed by atoms with Crippen LogP contribution in [-0.4, -0.2) is 35.3 Å². The van der Waals surface area contributed by atoms with Crippen LogP contribution in [0, 0.1) is 11.7 Å². The number of hydrogen-bond acceptors (Lipinski definition) is 3. The molecule has 0 bridgehead atoms. The van der Waals surface area contributed by atoms with Crippen molar-refractivity contribution in [1.82, 2.24) is 15.5 Å². The van der Waals surface area contributed by atoms with Gasteiger partial charge in [-0.3, -0.25) is 14.5 Å². The van der Waals surface area contributed by atoms with Gasteiger partial charge in [-0.15, -0.1) is 0 Å². The van der Waals surface area contributed by atoms with Gasteiger partial charge in [-0.05, 0) is 55.7 Å². The summed E-state index contributed by atoms with van der Waals surface area (Å²) in [5, 5.41) is 5.75. The van der Waals surface area contributed by atoms with E-state index in [9.17, 15) is 18.8 Å². The van der Waals surface area contributed by atoms with Crippen molar-refractivity contribution in [3.8, 4) is 0 Å². The quantitative estimate of drug-likeness (QED) is 0.685. The lowest BCUT2D eigenvalue weighted by atomic mass is 9.84. The number of urea groups is 1. The van der Waals surface area contributed by atoms with Crippen LogP contribution in [0.5, 0.6) is 0 Å². The minimum atomic E-state index is -1.25. The zero-order valence-corrected chi connectivity index (χ0v) is 17.2. The Bertz CT molecular complexity index is 759. The van der Waals surface area contributed by atoms with Crippen molar-refractivity contribution in [3.63, 3.8) is 0 Å². The van der Waals surface area contributed by atoms with Crippen molar-refractivity contribution in [1.29, 1.82) is 0 Å². The lowest BCUT2D eigenvalue weighted by molar-refractivity contribution is -0.135. The molecule has 3 rings (SSSR count). The Morgan fingerprint density at radius 3 is 2.48 bits per heavy atom. The van der Waals surface area contributed by atoms with Crippen molar-refractivity contribution in [2.75, 3.05) is 6.54 Å². The maximum atomic E-state index is 13.4. The summed E-state index contributed by atoms with van der Waals surface area (Å²) in [5.41, 5.74) is -0.712. The van der Waals surface area contributed by atoms with Gasteiger partial charge in [-0.25, -0.2) is 9.18 Å². The molecule has 1 aliphatic heterocycles. The van der Waals surface area contributed by atoms with E-state index >= 15 is 0 Å². The summed E-state index contributed by atoms with van der Waals surface area (Å²) < 4.78 is 13.4. The summed E-state index contributed by atoms with van der Waals surface area (Å²) in [6.45, 7) is 3.90. The molecule has 1 atom stereocenters. The van der Waals surface area contributed by atoms with Gasteiger partial charge in [0.2, 0.25) is 5.91 Å². The Labute approximate surface area is 171 Å². The number of imide groups is 1. The van der Waals surface area contributed by atoms with Gasteiger partial charge < -0.3 is 10.6 Å². The average molecular weight is 403 g/mol. The van der Waals surface area contributed by atoms with Gasteiger partial charge in [0.05, 0.1) is 0 Å². The van der Waals surface area contributed by atoms with Crippen molar-refractivity contribution in [2.24, 2.45) is 5.92 Å². The highest BCUT2D eigenvalue weighted by Crippen LogP contribution is 2.34. The molecule has 0 spiro atoms. The van der Waals surface area contributed by atoms with E-state index in [1.54, 1.807) is 0 Å². The normalized spacial score (nSPS) is 27.1. The number of amides is 4. The first-order valence-corrected chi connectivity index (χ1v) is 10.5. The van der Waals surface area contributed by atoms with Crippen LogP contribution >= 0.6 is 0 Å². The van der Waals surface area contributed by atoms with Gasteiger partial charge in [0.1, 0.15) is 17.9 Å². The molecule has 1 heterocycles. The van der Waals surface area contributed by atoms with Crippen LogP contribution in [0.1, 0.15) is 64.4 Å². The maximum Gasteiger partial charge on any atom is 0.325 e. The maximum absolute atomic E-state index is 13.4. The van der Waals surface area contributed by atoms with Gasteiger partial charge in [-0.2, -0.15) is 0 Å². The third kappa shape index (κ3) is 4.60. The van der Waals surface area contributed by atoms with E-state index in [4.69, 9.17) is 0 Å². The molecule has 29 heavy (non-hydrogen) atoms. The molecule has 158 valence electrons. The number of unbranched alkanes of at least 4 members (excludes halogenated alkanes) is 1. The van der Waals surface area contributed by atoms with E-state index in [0.29, 0.717) is 24.3 Å². The lowest BCUT2D eigenvalue weighted by Crippen LogP contribution is -2.47. The second-order valence-electron chi connectivity index (χ2n) is 8.36. The number of nitrogens with zero attached hydrogens (tertiary/aromatic N) is 1.